The van der Waals surface area contributed by atoms with Gasteiger partial charge in [-0.25, -0.2) is 0 Å². The number of anilines is 2. The first-order valence-electron chi connectivity index (χ1n) is 11.2. The van der Waals surface area contributed by atoms with Crippen LogP contribution < -0.4 is 20.5 Å². The minimum Gasteiger partial charge on any atom is -0.325 e. The molecule has 1 atom stereocenters. The van der Waals surface area contributed by atoms with Gasteiger partial charge in [-0.3, -0.25) is 14.5 Å². The van der Waals surface area contributed by atoms with Crippen LogP contribution in [0.5, 0.6) is 0 Å². The van der Waals surface area contributed by atoms with E-state index in [0.29, 0.717) is 17.8 Å². The van der Waals surface area contributed by atoms with Crippen LogP contribution in [0.2, 0.25) is 0 Å². The normalized spacial score (nSPS) is 25.3. The molecule has 1 aromatic carbocycles. The van der Waals surface area contributed by atoms with Gasteiger partial charge >= 0.3 is 0 Å². The predicted octanol–water partition coefficient (Wildman–Crippen LogP) is 2.70. The number of carbonyl (C=O) groups excluding carboxylic acids is 1. The monoisotopic (exact) mass is 444 g/mol. The van der Waals surface area contributed by atoms with E-state index in [-0.39, 0.29) is 10.5 Å². The number of hydrogen-bond donors (Lipinski definition) is 3. The fourth-order valence-corrected chi connectivity index (χ4v) is 4.78. The Labute approximate surface area is 191 Å². The van der Waals surface area contributed by atoms with Crippen LogP contribution in [0.4, 0.5) is 17.1 Å². The zero-order valence-electron chi connectivity index (χ0n) is 18.6. The molecule has 0 spiro atoms. The fraction of sp³-hybridized carbons (Fsp3) is 0.348. The van der Waals surface area contributed by atoms with Crippen molar-refractivity contribution in [3.05, 3.63) is 48.6 Å². The third kappa shape index (κ3) is 3.13. The average molecular weight is 445 g/mol. The highest BCUT2D eigenvalue weighted by Gasteiger charge is 2.44. The zero-order chi connectivity index (χ0) is 22.6. The zero-order valence-corrected chi connectivity index (χ0v) is 18.6. The largest absolute Gasteiger partial charge is 0.325 e. The van der Waals surface area contributed by atoms with E-state index in [1.807, 2.05) is 49.1 Å². The second kappa shape index (κ2) is 7.19. The summed E-state index contributed by atoms with van der Waals surface area (Å²) in [7, 11) is 0. The highest BCUT2D eigenvalue weighted by molar-refractivity contribution is 6.38. The van der Waals surface area contributed by atoms with E-state index in [2.05, 4.69) is 32.2 Å². The number of quaternary nitrogens is 1. The first kappa shape index (κ1) is 20.0. The van der Waals surface area contributed by atoms with E-state index in [9.17, 15) is 4.79 Å². The van der Waals surface area contributed by atoms with Crippen LogP contribution >= 0.6 is 0 Å². The molecule has 0 radical (unpaired) electrons. The van der Waals surface area contributed by atoms with Crippen LogP contribution in [0.1, 0.15) is 38.3 Å². The molecule has 33 heavy (non-hydrogen) atoms. The molecule has 4 aliphatic rings. The predicted molar refractivity (Wildman–Crippen MR) is 129 cm³/mol. The maximum Gasteiger partial charge on any atom is 0.287 e. The smallest absolute Gasteiger partial charge is 0.287 e. The van der Waals surface area contributed by atoms with Crippen molar-refractivity contribution in [2.45, 2.75) is 38.1 Å². The van der Waals surface area contributed by atoms with E-state index in [4.69, 9.17) is 10.1 Å². The lowest BCUT2D eigenvalue weighted by atomic mass is 9.86. The van der Waals surface area contributed by atoms with Crippen LogP contribution in [0.15, 0.2) is 58.1 Å². The summed E-state index contributed by atoms with van der Waals surface area (Å²) in [6.07, 6.45) is 11.4. The molecular weight excluding hydrogens is 418 g/mol. The molecule has 5 heterocycles. The molecule has 1 aromatic heterocycles. The van der Waals surface area contributed by atoms with Crippen LogP contribution in [-0.4, -0.2) is 46.8 Å². The van der Waals surface area contributed by atoms with Gasteiger partial charge in [-0.1, -0.05) is 10.7 Å². The van der Waals surface area contributed by atoms with Gasteiger partial charge in [0.05, 0.1) is 23.9 Å². The van der Waals surface area contributed by atoms with Crippen LogP contribution in [0.3, 0.4) is 0 Å². The molecule has 3 N–H and O–H groups in total. The number of aromatic nitrogens is 2. The molecule has 0 bridgehead atoms. The molecule has 1 saturated heterocycles. The van der Waals surface area contributed by atoms with Crippen molar-refractivity contribution in [1.29, 1.82) is 0 Å². The van der Waals surface area contributed by atoms with Crippen molar-refractivity contribution < 1.29 is 4.79 Å². The van der Waals surface area contributed by atoms with Gasteiger partial charge < -0.3 is 16.0 Å². The Morgan fingerprint density at radius 1 is 1.24 bits per heavy atom. The summed E-state index contributed by atoms with van der Waals surface area (Å²) in [5, 5.41) is 19.2. The van der Waals surface area contributed by atoms with E-state index >= 15 is 0 Å². The van der Waals surface area contributed by atoms with Crippen molar-refractivity contribution in [2.75, 3.05) is 23.7 Å². The highest BCUT2D eigenvalue weighted by Crippen LogP contribution is 2.39. The summed E-state index contributed by atoms with van der Waals surface area (Å²) in [4.78, 5) is 21.3. The number of nitrogens with one attached hydrogen (secondary N) is 3. The Hall–Kier alpha value is -3.63. The van der Waals surface area contributed by atoms with Gasteiger partial charge in [0.1, 0.15) is 12.4 Å². The lowest BCUT2D eigenvalue weighted by Gasteiger charge is -2.23. The van der Waals surface area contributed by atoms with Crippen molar-refractivity contribution in [3.8, 4) is 0 Å². The maximum atomic E-state index is 12.3. The summed E-state index contributed by atoms with van der Waals surface area (Å²) >= 11 is 0. The van der Waals surface area contributed by atoms with Gasteiger partial charge in [0.2, 0.25) is 11.6 Å². The first-order valence-corrected chi connectivity index (χ1v) is 11.2. The van der Waals surface area contributed by atoms with Gasteiger partial charge in [-0.05, 0) is 62.6 Å². The summed E-state index contributed by atoms with van der Waals surface area (Å²) in [5.74, 6) is 1.17. The SMILES string of the molecule is CC1(C)C(=O)Nc2cc(NC3=N[N+]4(c5cnn(C6CCNCC6)c5)C=CN=CC4=N3)ccc21. The number of carbonyl (C=O) groups is 1. The number of amidine groups is 1. The molecule has 1 unspecified atom stereocenters. The van der Waals surface area contributed by atoms with Crippen LogP contribution in [0.25, 0.3) is 0 Å². The van der Waals surface area contributed by atoms with Gasteiger partial charge in [0.25, 0.3) is 11.8 Å². The minimum absolute atomic E-state index is 0.00171. The van der Waals surface area contributed by atoms with Crippen molar-refractivity contribution in [3.63, 3.8) is 0 Å². The molecule has 10 nitrogen and oxygen atoms in total. The molecule has 10 heteroatoms. The fourth-order valence-electron chi connectivity index (χ4n) is 4.78. The molecule has 6 rings (SSSR count). The topological polar surface area (TPSA) is 108 Å². The number of piperidine rings is 1. The van der Waals surface area contributed by atoms with Crippen molar-refractivity contribution >= 4 is 41.0 Å². The van der Waals surface area contributed by atoms with Crippen molar-refractivity contribution in [1.82, 2.24) is 19.7 Å². The lowest BCUT2D eigenvalue weighted by molar-refractivity contribution is -0.119. The van der Waals surface area contributed by atoms with E-state index < -0.39 is 5.41 Å². The Bertz CT molecular complexity index is 1260. The minimum atomic E-state index is -0.537. The Morgan fingerprint density at radius 3 is 2.94 bits per heavy atom. The quantitative estimate of drug-likeness (QED) is 0.633. The van der Waals surface area contributed by atoms with E-state index in [1.165, 1.54) is 0 Å². The molecule has 2 aromatic rings. The second-order valence-corrected chi connectivity index (χ2v) is 9.28. The van der Waals surface area contributed by atoms with Gasteiger partial charge in [-0.15, -0.1) is 0 Å². The summed E-state index contributed by atoms with van der Waals surface area (Å²) in [6.45, 7) is 5.86. The van der Waals surface area contributed by atoms with Crippen molar-refractivity contribution in [2.24, 2.45) is 15.1 Å². The number of benzene rings is 1. The summed E-state index contributed by atoms with van der Waals surface area (Å²) in [6, 6.07) is 6.23. The molecule has 1 fully saturated rings. The Balaban J connectivity index is 1.30. The number of fused-ring (bicyclic) bond motifs is 2. The number of aliphatic imine (C=N–C) groups is 2. The average Bonchev–Trinajstić information content (AvgIpc) is 3.50. The number of rotatable bonds is 3. The second-order valence-electron chi connectivity index (χ2n) is 9.28. The molecule has 0 aliphatic carbocycles. The van der Waals surface area contributed by atoms with Crippen LogP contribution in [-0.2, 0) is 10.2 Å². The standard InChI is InChI=1S/C23H25N9O/c1-23(2)18-4-3-15(11-19(18)28-21(23)33)27-22-29-20-13-25-9-10-32(20,30-22)17-12-26-31(14-17)16-5-7-24-8-6-16/h3-4,9-14,16,24H,5-8H2,1-2H3,(H-,27,28,30,33)/p+1. The Kier molecular flexibility index (Phi) is 4.36. The van der Waals surface area contributed by atoms with Gasteiger partial charge in [-0.2, -0.15) is 10.1 Å². The first-order chi connectivity index (χ1) is 16.0. The third-order valence-electron chi connectivity index (χ3n) is 6.81. The number of amides is 1. The maximum absolute atomic E-state index is 12.3. The summed E-state index contributed by atoms with van der Waals surface area (Å²) < 4.78 is 2.14. The molecule has 168 valence electrons. The number of hydrogen-bond acceptors (Lipinski definition) is 7. The van der Waals surface area contributed by atoms with E-state index in [1.54, 1.807) is 12.4 Å². The van der Waals surface area contributed by atoms with Gasteiger partial charge in [0, 0.05) is 11.4 Å². The Morgan fingerprint density at radius 2 is 2.09 bits per heavy atom. The highest BCUT2D eigenvalue weighted by atomic mass is 16.2. The molecule has 0 saturated carbocycles. The third-order valence-corrected chi connectivity index (χ3v) is 6.81. The molecule has 4 aliphatic heterocycles. The van der Waals surface area contributed by atoms with Crippen LogP contribution in [0, 0.1) is 0 Å². The lowest BCUT2D eigenvalue weighted by Crippen LogP contribution is -2.44. The number of nitrogens with zero attached hydrogens (tertiary/aromatic N) is 6. The molecular formula is C23H26N9O+. The number of guanidine groups is 1. The molecule has 1 amide bonds. The summed E-state index contributed by atoms with van der Waals surface area (Å²) in [5.41, 5.74) is 2.98. The van der Waals surface area contributed by atoms with Gasteiger partial charge in [0.15, 0.2) is 6.20 Å². The van der Waals surface area contributed by atoms with E-state index in [0.717, 1.165) is 48.6 Å².